The standard InChI is InChI=1S/C13H24N2O3/c1-10-9-15(7-8-18-10)6-5-12(13(16)17-2)14-11-3-4-11/h10-12,14H,3-9H2,1-2H3. The van der Waals surface area contributed by atoms with Gasteiger partial charge < -0.3 is 14.8 Å². The zero-order chi connectivity index (χ0) is 13.0. The molecule has 1 heterocycles. The van der Waals surface area contributed by atoms with Gasteiger partial charge in [-0.2, -0.15) is 0 Å². The molecule has 5 nitrogen and oxygen atoms in total. The minimum atomic E-state index is -0.152. The first-order valence-corrected chi connectivity index (χ1v) is 6.87. The molecule has 2 fully saturated rings. The molecule has 0 amide bonds. The van der Waals surface area contributed by atoms with E-state index < -0.39 is 0 Å². The highest BCUT2D eigenvalue weighted by Gasteiger charge is 2.29. The molecular formula is C13H24N2O3. The molecule has 0 aromatic heterocycles. The van der Waals surface area contributed by atoms with E-state index in [1.165, 1.54) is 20.0 Å². The number of nitrogens with zero attached hydrogens (tertiary/aromatic N) is 1. The van der Waals surface area contributed by atoms with Gasteiger partial charge in [0.25, 0.3) is 0 Å². The highest BCUT2D eigenvalue weighted by atomic mass is 16.5. The van der Waals surface area contributed by atoms with Crippen LogP contribution in [0.2, 0.25) is 0 Å². The zero-order valence-corrected chi connectivity index (χ0v) is 11.4. The first-order valence-electron chi connectivity index (χ1n) is 6.87. The predicted molar refractivity (Wildman–Crippen MR) is 68.4 cm³/mol. The van der Waals surface area contributed by atoms with E-state index in [0.29, 0.717) is 12.1 Å². The van der Waals surface area contributed by atoms with Crippen molar-refractivity contribution in [3.63, 3.8) is 0 Å². The number of ether oxygens (including phenoxy) is 2. The summed E-state index contributed by atoms with van der Waals surface area (Å²) < 4.78 is 10.4. The maximum absolute atomic E-state index is 11.7. The second kappa shape index (κ2) is 6.50. The highest BCUT2D eigenvalue weighted by Crippen LogP contribution is 2.20. The molecule has 2 unspecified atom stereocenters. The number of esters is 1. The van der Waals surface area contributed by atoms with Crippen molar-refractivity contribution in [2.45, 2.75) is 44.4 Å². The summed E-state index contributed by atoms with van der Waals surface area (Å²) in [6, 6.07) is 0.373. The van der Waals surface area contributed by atoms with Crippen LogP contribution in [-0.2, 0) is 14.3 Å². The van der Waals surface area contributed by atoms with Gasteiger partial charge in [-0.3, -0.25) is 9.69 Å². The highest BCUT2D eigenvalue weighted by molar-refractivity contribution is 5.75. The lowest BCUT2D eigenvalue weighted by molar-refractivity contribution is -0.143. The first kappa shape index (κ1) is 13.8. The van der Waals surface area contributed by atoms with E-state index in [2.05, 4.69) is 17.1 Å². The van der Waals surface area contributed by atoms with Crippen molar-refractivity contribution < 1.29 is 14.3 Å². The van der Waals surface area contributed by atoms with Crippen LogP contribution in [0.15, 0.2) is 0 Å². The second-order valence-corrected chi connectivity index (χ2v) is 5.29. The number of carbonyl (C=O) groups excluding carboxylic acids is 1. The van der Waals surface area contributed by atoms with E-state index in [9.17, 15) is 4.79 Å². The van der Waals surface area contributed by atoms with E-state index >= 15 is 0 Å². The molecule has 1 N–H and O–H groups in total. The number of methoxy groups -OCH3 is 1. The van der Waals surface area contributed by atoms with Gasteiger partial charge in [-0.25, -0.2) is 0 Å². The molecule has 1 saturated heterocycles. The molecular weight excluding hydrogens is 232 g/mol. The average molecular weight is 256 g/mol. The molecule has 2 atom stereocenters. The second-order valence-electron chi connectivity index (χ2n) is 5.29. The summed E-state index contributed by atoms with van der Waals surface area (Å²) in [5.41, 5.74) is 0. The fourth-order valence-electron chi connectivity index (χ4n) is 2.35. The topological polar surface area (TPSA) is 50.8 Å². The summed E-state index contributed by atoms with van der Waals surface area (Å²) in [7, 11) is 1.46. The Morgan fingerprint density at radius 3 is 2.94 bits per heavy atom. The summed E-state index contributed by atoms with van der Waals surface area (Å²) in [6.07, 6.45) is 3.48. The summed E-state index contributed by atoms with van der Waals surface area (Å²) in [4.78, 5) is 14.0. The van der Waals surface area contributed by atoms with Crippen LogP contribution in [0.5, 0.6) is 0 Å². The van der Waals surface area contributed by atoms with Gasteiger partial charge in [-0.1, -0.05) is 0 Å². The first-order chi connectivity index (χ1) is 8.69. The third-order valence-electron chi connectivity index (χ3n) is 3.56. The minimum Gasteiger partial charge on any atom is -0.468 e. The molecule has 1 aliphatic carbocycles. The Morgan fingerprint density at radius 2 is 2.33 bits per heavy atom. The summed E-state index contributed by atoms with van der Waals surface area (Å²) in [6.45, 7) is 5.72. The number of hydrogen-bond acceptors (Lipinski definition) is 5. The van der Waals surface area contributed by atoms with Gasteiger partial charge in [0.2, 0.25) is 0 Å². The lowest BCUT2D eigenvalue weighted by atomic mass is 10.1. The van der Waals surface area contributed by atoms with Crippen LogP contribution in [0.3, 0.4) is 0 Å². The molecule has 0 spiro atoms. The smallest absolute Gasteiger partial charge is 0.322 e. The van der Waals surface area contributed by atoms with Gasteiger partial charge in [0.05, 0.1) is 19.8 Å². The van der Waals surface area contributed by atoms with Gasteiger partial charge in [0, 0.05) is 25.7 Å². The number of nitrogens with one attached hydrogen (secondary N) is 1. The molecule has 1 aliphatic heterocycles. The summed E-state index contributed by atoms with van der Waals surface area (Å²) >= 11 is 0. The van der Waals surface area contributed by atoms with E-state index in [0.717, 1.165) is 32.7 Å². The van der Waals surface area contributed by atoms with Gasteiger partial charge in [0.1, 0.15) is 6.04 Å². The molecule has 1 saturated carbocycles. The van der Waals surface area contributed by atoms with Crippen LogP contribution >= 0.6 is 0 Å². The SMILES string of the molecule is COC(=O)C(CCN1CCOC(C)C1)NC1CC1. The Bertz CT molecular complexity index is 281. The normalized spacial score (nSPS) is 26.9. The quantitative estimate of drug-likeness (QED) is 0.697. The van der Waals surface area contributed by atoms with Gasteiger partial charge in [0.15, 0.2) is 0 Å². The van der Waals surface area contributed by atoms with Crippen LogP contribution in [0.1, 0.15) is 26.2 Å². The third-order valence-corrected chi connectivity index (χ3v) is 3.56. The molecule has 0 bridgehead atoms. The average Bonchev–Trinajstić information content (AvgIpc) is 3.17. The molecule has 0 aromatic rings. The van der Waals surface area contributed by atoms with Crippen molar-refractivity contribution in [1.29, 1.82) is 0 Å². The van der Waals surface area contributed by atoms with Crippen LogP contribution in [0.4, 0.5) is 0 Å². The van der Waals surface area contributed by atoms with Crippen molar-refractivity contribution in [2.24, 2.45) is 0 Å². The monoisotopic (exact) mass is 256 g/mol. The van der Waals surface area contributed by atoms with E-state index in [1.54, 1.807) is 0 Å². The fraction of sp³-hybridized carbons (Fsp3) is 0.923. The van der Waals surface area contributed by atoms with Gasteiger partial charge >= 0.3 is 5.97 Å². The molecule has 18 heavy (non-hydrogen) atoms. The third kappa shape index (κ3) is 4.23. The molecule has 0 aromatic carbocycles. The lowest BCUT2D eigenvalue weighted by Gasteiger charge is -2.31. The van der Waals surface area contributed by atoms with Crippen molar-refractivity contribution >= 4 is 5.97 Å². The van der Waals surface area contributed by atoms with Crippen molar-refractivity contribution in [3.8, 4) is 0 Å². The van der Waals surface area contributed by atoms with Gasteiger partial charge in [-0.05, 0) is 26.2 Å². The minimum absolute atomic E-state index is 0.136. The van der Waals surface area contributed by atoms with Crippen LogP contribution in [0, 0.1) is 0 Å². The van der Waals surface area contributed by atoms with E-state index in [1.807, 2.05) is 0 Å². The van der Waals surface area contributed by atoms with Crippen molar-refractivity contribution in [1.82, 2.24) is 10.2 Å². The lowest BCUT2D eigenvalue weighted by Crippen LogP contribution is -2.45. The largest absolute Gasteiger partial charge is 0.468 e. The predicted octanol–water partition coefficient (Wildman–Crippen LogP) is 0.391. The molecule has 2 rings (SSSR count). The molecule has 0 radical (unpaired) electrons. The Labute approximate surface area is 109 Å². The Kier molecular flexibility index (Phi) is 4.97. The molecule has 2 aliphatic rings. The maximum Gasteiger partial charge on any atom is 0.322 e. The van der Waals surface area contributed by atoms with E-state index in [-0.39, 0.29) is 12.0 Å². The number of carbonyl (C=O) groups is 1. The van der Waals surface area contributed by atoms with Crippen LogP contribution in [-0.4, -0.2) is 62.4 Å². The molecule has 104 valence electrons. The van der Waals surface area contributed by atoms with E-state index in [4.69, 9.17) is 9.47 Å². The number of morpholine rings is 1. The summed E-state index contributed by atoms with van der Waals surface area (Å²) in [5, 5.41) is 3.36. The zero-order valence-electron chi connectivity index (χ0n) is 11.4. The van der Waals surface area contributed by atoms with Crippen molar-refractivity contribution in [3.05, 3.63) is 0 Å². The number of hydrogen-bond donors (Lipinski definition) is 1. The fourth-order valence-corrected chi connectivity index (χ4v) is 2.35. The summed E-state index contributed by atoms with van der Waals surface area (Å²) in [5.74, 6) is -0.136. The van der Waals surface area contributed by atoms with Crippen molar-refractivity contribution in [2.75, 3.05) is 33.4 Å². The Morgan fingerprint density at radius 1 is 1.56 bits per heavy atom. The van der Waals surface area contributed by atoms with Crippen LogP contribution in [0.25, 0.3) is 0 Å². The Balaban J connectivity index is 1.75. The Hall–Kier alpha value is -0.650. The maximum atomic E-state index is 11.7. The van der Waals surface area contributed by atoms with Gasteiger partial charge in [-0.15, -0.1) is 0 Å². The molecule has 5 heteroatoms. The van der Waals surface area contributed by atoms with Crippen LogP contribution < -0.4 is 5.32 Å². The number of rotatable bonds is 6.